The summed E-state index contributed by atoms with van der Waals surface area (Å²) in [5, 5.41) is 0. The number of rotatable bonds is 9. The SMILES string of the molecule is CCCN(CCC)CCCN=C(N)N(C)C1CC1.I. The number of hydrogen-bond donors (Lipinski definition) is 1. The van der Waals surface area contributed by atoms with E-state index in [2.05, 4.69) is 35.7 Å². The molecule has 1 saturated carbocycles. The van der Waals surface area contributed by atoms with E-state index in [1.165, 1.54) is 38.8 Å². The van der Waals surface area contributed by atoms with Crippen molar-refractivity contribution in [2.75, 3.05) is 33.2 Å². The molecule has 0 aromatic carbocycles. The highest BCUT2D eigenvalue weighted by molar-refractivity contribution is 14.0. The molecule has 0 aromatic rings. The highest BCUT2D eigenvalue weighted by atomic mass is 127. The zero-order chi connectivity index (χ0) is 13.4. The Labute approximate surface area is 135 Å². The lowest BCUT2D eigenvalue weighted by atomic mass is 10.3. The van der Waals surface area contributed by atoms with Crippen LogP contribution in [-0.2, 0) is 0 Å². The van der Waals surface area contributed by atoms with Crippen molar-refractivity contribution in [3.63, 3.8) is 0 Å². The van der Waals surface area contributed by atoms with Crippen LogP contribution < -0.4 is 5.73 Å². The first kappa shape index (κ1) is 19.0. The van der Waals surface area contributed by atoms with Crippen molar-refractivity contribution in [1.82, 2.24) is 9.80 Å². The molecule has 0 radical (unpaired) electrons. The molecule has 0 saturated heterocycles. The summed E-state index contributed by atoms with van der Waals surface area (Å²) in [5.41, 5.74) is 5.95. The second-order valence-corrected chi connectivity index (χ2v) is 5.28. The molecule has 1 rings (SSSR count). The summed E-state index contributed by atoms with van der Waals surface area (Å²) in [6.45, 7) is 8.88. The predicted octanol–water partition coefficient (Wildman–Crippen LogP) is 2.53. The fourth-order valence-corrected chi connectivity index (χ4v) is 2.22. The smallest absolute Gasteiger partial charge is 0.191 e. The second kappa shape index (κ2) is 10.7. The average Bonchev–Trinajstić information content (AvgIpc) is 3.18. The largest absolute Gasteiger partial charge is 0.370 e. The van der Waals surface area contributed by atoms with Gasteiger partial charge in [0, 0.05) is 19.6 Å². The molecular formula is C14H31IN4. The van der Waals surface area contributed by atoms with Gasteiger partial charge in [-0.05, 0) is 51.7 Å². The first-order valence-electron chi connectivity index (χ1n) is 7.44. The summed E-state index contributed by atoms with van der Waals surface area (Å²) in [4.78, 5) is 9.12. The zero-order valence-electron chi connectivity index (χ0n) is 12.8. The van der Waals surface area contributed by atoms with Crippen LogP contribution in [0.15, 0.2) is 4.99 Å². The van der Waals surface area contributed by atoms with E-state index in [1.54, 1.807) is 0 Å². The molecule has 0 aromatic heterocycles. The van der Waals surface area contributed by atoms with Crippen LogP contribution in [-0.4, -0.2) is 55.0 Å². The third kappa shape index (κ3) is 7.97. The molecule has 0 atom stereocenters. The van der Waals surface area contributed by atoms with Crippen LogP contribution in [0.2, 0.25) is 0 Å². The third-order valence-electron chi connectivity index (χ3n) is 3.44. The Bertz CT molecular complexity index is 248. The molecule has 1 fully saturated rings. The van der Waals surface area contributed by atoms with Gasteiger partial charge in [0.25, 0.3) is 0 Å². The molecule has 0 heterocycles. The topological polar surface area (TPSA) is 44.9 Å². The maximum Gasteiger partial charge on any atom is 0.191 e. The number of nitrogens with two attached hydrogens (primary N) is 1. The van der Waals surface area contributed by atoms with Crippen molar-refractivity contribution in [2.45, 2.75) is 52.0 Å². The van der Waals surface area contributed by atoms with E-state index in [0.717, 1.165) is 25.5 Å². The minimum atomic E-state index is 0. The van der Waals surface area contributed by atoms with Crippen LogP contribution in [0.5, 0.6) is 0 Å². The first-order chi connectivity index (χ1) is 8.69. The Morgan fingerprint density at radius 3 is 2.21 bits per heavy atom. The van der Waals surface area contributed by atoms with Gasteiger partial charge in [-0.15, -0.1) is 24.0 Å². The van der Waals surface area contributed by atoms with Gasteiger partial charge in [-0.2, -0.15) is 0 Å². The first-order valence-corrected chi connectivity index (χ1v) is 7.44. The quantitative estimate of drug-likeness (QED) is 0.289. The van der Waals surface area contributed by atoms with Crippen LogP contribution in [0, 0.1) is 0 Å². The number of guanidine groups is 1. The molecule has 0 aliphatic heterocycles. The molecule has 1 aliphatic rings. The minimum Gasteiger partial charge on any atom is -0.370 e. The Kier molecular flexibility index (Phi) is 10.7. The van der Waals surface area contributed by atoms with Gasteiger partial charge in [0.1, 0.15) is 0 Å². The fourth-order valence-electron chi connectivity index (χ4n) is 2.22. The van der Waals surface area contributed by atoms with Crippen LogP contribution >= 0.6 is 24.0 Å². The lowest BCUT2D eigenvalue weighted by molar-refractivity contribution is 0.273. The maximum atomic E-state index is 5.95. The van der Waals surface area contributed by atoms with Crippen LogP contribution in [0.3, 0.4) is 0 Å². The van der Waals surface area contributed by atoms with Gasteiger partial charge in [-0.3, -0.25) is 4.99 Å². The standard InChI is InChI=1S/C14H30N4.HI/c1-4-10-18(11-5-2)12-6-9-16-14(15)17(3)13-7-8-13;/h13H,4-12H2,1-3H3,(H2,15,16);1H. The van der Waals surface area contributed by atoms with Gasteiger partial charge in [-0.25, -0.2) is 0 Å². The van der Waals surface area contributed by atoms with Crippen molar-refractivity contribution in [3.8, 4) is 0 Å². The highest BCUT2D eigenvalue weighted by Gasteiger charge is 2.27. The zero-order valence-corrected chi connectivity index (χ0v) is 15.1. The van der Waals surface area contributed by atoms with Gasteiger partial charge in [0.05, 0.1) is 0 Å². The third-order valence-corrected chi connectivity index (χ3v) is 3.44. The van der Waals surface area contributed by atoms with Gasteiger partial charge < -0.3 is 15.5 Å². The lowest BCUT2D eigenvalue weighted by Gasteiger charge is -2.20. The average molecular weight is 382 g/mol. The molecule has 0 bridgehead atoms. The highest BCUT2D eigenvalue weighted by Crippen LogP contribution is 2.24. The van der Waals surface area contributed by atoms with Crippen LogP contribution in [0.4, 0.5) is 0 Å². The Balaban J connectivity index is 0.00000324. The molecule has 2 N–H and O–H groups in total. The van der Waals surface area contributed by atoms with Crippen LogP contribution in [0.1, 0.15) is 46.0 Å². The summed E-state index contributed by atoms with van der Waals surface area (Å²) in [6, 6.07) is 0.658. The summed E-state index contributed by atoms with van der Waals surface area (Å²) in [5.74, 6) is 0.718. The van der Waals surface area contributed by atoms with Crippen LogP contribution in [0.25, 0.3) is 0 Å². The molecule has 114 valence electrons. The summed E-state index contributed by atoms with van der Waals surface area (Å²) >= 11 is 0. The maximum absolute atomic E-state index is 5.95. The lowest BCUT2D eigenvalue weighted by Crippen LogP contribution is -2.36. The van der Waals surface area contributed by atoms with E-state index >= 15 is 0 Å². The summed E-state index contributed by atoms with van der Waals surface area (Å²) in [6.07, 6.45) is 6.12. The van der Waals surface area contributed by atoms with Crippen molar-refractivity contribution in [2.24, 2.45) is 10.7 Å². The van der Waals surface area contributed by atoms with E-state index < -0.39 is 0 Å². The Morgan fingerprint density at radius 2 is 1.74 bits per heavy atom. The van der Waals surface area contributed by atoms with E-state index in [0.29, 0.717) is 6.04 Å². The molecule has 0 unspecified atom stereocenters. The fraction of sp³-hybridized carbons (Fsp3) is 0.929. The number of aliphatic imine (C=N–C) groups is 1. The van der Waals surface area contributed by atoms with Gasteiger partial charge >= 0.3 is 0 Å². The van der Waals surface area contributed by atoms with Crippen molar-refractivity contribution in [3.05, 3.63) is 0 Å². The molecule has 0 amide bonds. The molecule has 19 heavy (non-hydrogen) atoms. The molecule has 4 nitrogen and oxygen atoms in total. The van der Waals surface area contributed by atoms with Crippen molar-refractivity contribution in [1.29, 1.82) is 0 Å². The van der Waals surface area contributed by atoms with Gasteiger partial charge in [0.2, 0.25) is 0 Å². The number of halogens is 1. The van der Waals surface area contributed by atoms with Gasteiger partial charge in [-0.1, -0.05) is 13.8 Å². The Hall–Kier alpha value is -0.0400. The normalized spacial score (nSPS) is 15.5. The Morgan fingerprint density at radius 1 is 1.16 bits per heavy atom. The van der Waals surface area contributed by atoms with Crippen molar-refractivity contribution >= 4 is 29.9 Å². The molecular weight excluding hydrogens is 351 g/mol. The summed E-state index contributed by atoms with van der Waals surface area (Å²) < 4.78 is 0. The minimum absolute atomic E-state index is 0. The van der Waals surface area contributed by atoms with E-state index in [1.807, 2.05) is 0 Å². The molecule has 5 heteroatoms. The van der Waals surface area contributed by atoms with E-state index in [9.17, 15) is 0 Å². The predicted molar refractivity (Wildman–Crippen MR) is 94.3 cm³/mol. The number of nitrogens with zero attached hydrogens (tertiary/aromatic N) is 3. The molecule has 0 spiro atoms. The van der Waals surface area contributed by atoms with E-state index in [4.69, 9.17) is 5.73 Å². The van der Waals surface area contributed by atoms with Crippen molar-refractivity contribution < 1.29 is 0 Å². The number of hydrogen-bond acceptors (Lipinski definition) is 2. The van der Waals surface area contributed by atoms with Gasteiger partial charge in [0.15, 0.2) is 5.96 Å². The molecule has 1 aliphatic carbocycles. The second-order valence-electron chi connectivity index (χ2n) is 5.28. The summed E-state index contributed by atoms with van der Waals surface area (Å²) in [7, 11) is 2.05. The van der Waals surface area contributed by atoms with E-state index in [-0.39, 0.29) is 24.0 Å². The monoisotopic (exact) mass is 382 g/mol.